The monoisotopic (exact) mass is 309 g/mol. The zero-order valence-corrected chi connectivity index (χ0v) is 12.6. The molecule has 0 bridgehead atoms. The minimum absolute atomic E-state index is 0.0454. The lowest BCUT2D eigenvalue weighted by molar-refractivity contribution is -0.119. The molecular formula is C14H19N3O3S. The van der Waals surface area contributed by atoms with Crippen LogP contribution in [0.1, 0.15) is 31.7 Å². The Labute approximate surface area is 127 Å². The van der Waals surface area contributed by atoms with Crippen LogP contribution in [0.15, 0.2) is 22.2 Å². The molecule has 0 aromatic carbocycles. The van der Waals surface area contributed by atoms with Gasteiger partial charge in [-0.1, -0.05) is 11.8 Å². The lowest BCUT2D eigenvalue weighted by Gasteiger charge is -2.12. The van der Waals surface area contributed by atoms with E-state index in [9.17, 15) is 9.59 Å². The van der Waals surface area contributed by atoms with Gasteiger partial charge in [-0.25, -0.2) is 0 Å². The highest BCUT2D eigenvalue weighted by atomic mass is 32.2. The molecule has 2 fully saturated rings. The summed E-state index contributed by atoms with van der Waals surface area (Å²) in [5.74, 6) is 0.228. The van der Waals surface area contributed by atoms with Crippen LogP contribution < -0.4 is 10.9 Å². The number of amides is 1. The number of carbonyl (C=O) groups excluding carboxylic acids is 1. The van der Waals surface area contributed by atoms with Gasteiger partial charge in [-0.15, -0.1) is 0 Å². The molecule has 2 aliphatic rings. The van der Waals surface area contributed by atoms with Crippen molar-refractivity contribution in [3.8, 4) is 0 Å². The Morgan fingerprint density at radius 1 is 1.48 bits per heavy atom. The second-order valence-corrected chi connectivity index (χ2v) is 6.36. The molecular weight excluding hydrogens is 290 g/mol. The van der Waals surface area contributed by atoms with Crippen molar-refractivity contribution in [1.82, 2.24) is 14.9 Å². The average Bonchev–Trinajstić information content (AvgIpc) is 3.18. The number of nitrogens with zero attached hydrogens (tertiary/aromatic N) is 2. The standard InChI is InChI=1S/C14H19N3O3S/c18-12-5-6-17(10-3-4-10)14(16-12)21-9-13(19)15-8-11-2-1-7-20-11/h5-6,10-11H,1-4,7-9H2,(H,15,19)/t11-/m0/s1. The molecule has 1 aromatic heterocycles. The zero-order valence-electron chi connectivity index (χ0n) is 11.8. The van der Waals surface area contributed by atoms with Crippen LogP contribution in [0.2, 0.25) is 0 Å². The van der Waals surface area contributed by atoms with Gasteiger partial charge in [-0.2, -0.15) is 4.98 Å². The van der Waals surface area contributed by atoms with Crippen LogP contribution in [-0.4, -0.2) is 40.5 Å². The Bertz CT molecular complexity index is 565. The van der Waals surface area contributed by atoms with Gasteiger partial charge >= 0.3 is 0 Å². The first kappa shape index (κ1) is 14.6. The lowest BCUT2D eigenvalue weighted by atomic mass is 10.2. The molecule has 3 rings (SSSR count). The zero-order chi connectivity index (χ0) is 14.7. The van der Waals surface area contributed by atoms with Crippen molar-refractivity contribution in [1.29, 1.82) is 0 Å². The predicted octanol–water partition coefficient (Wildman–Crippen LogP) is 0.965. The molecule has 0 radical (unpaired) electrons. The van der Waals surface area contributed by atoms with E-state index >= 15 is 0 Å². The van der Waals surface area contributed by atoms with E-state index < -0.39 is 0 Å². The quantitative estimate of drug-likeness (QED) is 0.626. The molecule has 21 heavy (non-hydrogen) atoms. The van der Waals surface area contributed by atoms with Gasteiger partial charge in [-0.3, -0.25) is 9.59 Å². The van der Waals surface area contributed by atoms with Gasteiger partial charge in [0.05, 0.1) is 11.9 Å². The molecule has 1 aliphatic heterocycles. The Kier molecular flexibility index (Phi) is 4.60. The van der Waals surface area contributed by atoms with Crippen molar-refractivity contribution < 1.29 is 9.53 Å². The number of rotatable bonds is 6. The number of thioether (sulfide) groups is 1. The van der Waals surface area contributed by atoms with Gasteiger partial charge in [0, 0.05) is 31.5 Å². The highest BCUT2D eigenvalue weighted by molar-refractivity contribution is 7.99. The fourth-order valence-corrected chi connectivity index (χ4v) is 3.22. The Balaban J connectivity index is 1.50. The number of hydrogen-bond acceptors (Lipinski definition) is 5. The maximum absolute atomic E-state index is 11.9. The van der Waals surface area contributed by atoms with Gasteiger partial charge in [0.2, 0.25) is 5.91 Å². The number of carbonyl (C=O) groups is 1. The minimum Gasteiger partial charge on any atom is -0.376 e. The molecule has 0 spiro atoms. The highest BCUT2D eigenvalue weighted by Gasteiger charge is 2.25. The fourth-order valence-electron chi connectivity index (χ4n) is 2.35. The molecule has 1 atom stereocenters. The third-order valence-corrected chi connectivity index (χ3v) is 4.59. The van der Waals surface area contributed by atoms with E-state index in [0.29, 0.717) is 17.7 Å². The van der Waals surface area contributed by atoms with Crippen LogP contribution in [0.5, 0.6) is 0 Å². The Hall–Kier alpha value is -1.34. The van der Waals surface area contributed by atoms with Crippen LogP contribution in [0.3, 0.4) is 0 Å². The number of ether oxygens (including phenoxy) is 1. The van der Waals surface area contributed by atoms with E-state index in [0.717, 1.165) is 32.3 Å². The smallest absolute Gasteiger partial charge is 0.273 e. The Morgan fingerprint density at radius 2 is 2.33 bits per heavy atom. The summed E-state index contributed by atoms with van der Waals surface area (Å²) < 4.78 is 7.46. The van der Waals surface area contributed by atoms with E-state index in [-0.39, 0.29) is 23.3 Å². The lowest BCUT2D eigenvalue weighted by Crippen LogP contribution is -2.33. The van der Waals surface area contributed by atoms with Gasteiger partial charge < -0.3 is 14.6 Å². The third-order valence-electron chi connectivity index (χ3n) is 3.63. The van der Waals surface area contributed by atoms with E-state index in [1.165, 1.54) is 17.8 Å². The summed E-state index contributed by atoms with van der Waals surface area (Å²) in [5, 5.41) is 3.51. The molecule has 1 saturated heterocycles. The summed E-state index contributed by atoms with van der Waals surface area (Å²) in [4.78, 5) is 27.2. The average molecular weight is 309 g/mol. The summed E-state index contributed by atoms with van der Waals surface area (Å²) in [5.41, 5.74) is -0.255. The number of hydrogen-bond donors (Lipinski definition) is 1. The fraction of sp³-hybridized carbons (Fsp3) is 0.643. The molecule has 114 valence electrons. The molecule has 6 nitrogen and oxygen atoms in total. The number of aromatic nitrogens is 2. The highest BCUT2D eigenvalue weighted by Crippen LogP contribution is 2.36. The van der Waals surface area contributed by atoms with Crippen LogP contribution >= 0.6 is 11.8 Å². The van der Waals surface area contributed by atoms with Crippen molar-refractivity contribution in [3.63, 3.8) is 0 Å². The summed E-state index contributed by atoms with van der Waals surface area (Å²) in [6.07, 6.45) is 6.23. The van der Waals surface area contributed by atoms with Crippen LogP contribution in [0.25, 0.3) is 0 Å². The topological polar surface area (TPSA) is 73.2 Å². The van der Waals surface area contributed by atoms with Crippen molar-refractivity contribution >= 4 is 17.7 Å². The van der Waals surface area contributed by atoms with Gasteiger partial charge in [-0.05, 0) is 25.7 Å². The first-order valence-corrected chi connectivity index (χ1v) is 8.31. The van der Waals surface area contributed by atoms with Crippen LogP contribution in [0, 0.1) is 0 Å². The molecule has 1 aliphatic carbocycles. The first-order valence-electron chi connectivity index (χ1n) is 7.32. The number of nitrogens with one attached hydrogen (secondary N) is 1. The summed E-state index contributed by atoms with van der Waals surface area (Å²) in [6.45, 7) is 1.36. The third kappa shape index (κ3) is 4.07. The predicted molar refractivity (Wildman–Crippen MR) is 79.5 cm³/mol. The summed E-state index contributed by atoms with van der Waals surface area (Å²) in [6, 6.07) is 1.91. The van der Waals surface area contributed by atoms with Crippen LogP contribution in [0.4, 0.5) is 0 Å². The van der Waals surface area contributed by atoms with Crippen LogP contribution in [-0.2, 0) is 9.53 Å². The van der Waals surface area contributed by atoms with E-state index in [4.69, 9.17) is 4.74 Å². The van der Waals surface area contributed by atoms with Gasteiger partial charge in [0.15, 0.2) is 5.16 Å². The molecule has 7 heteroatoms. The van der Waals surface area contributed by atoms with Gasteiger partial charge in [0.25, 0.3) is 5.56 Å². The summed E-state index contributed by atoms with van der Waals surface area (Å²) in [7, 11) is 0. The molecule has 0 unspecified atom stereocenters. The normalized spacial score (nSPS) is 21.4. The largest absolute Gasteiger partial charge is 0.376 e. The van der Waals surface area contributed by atoms with E-state index in [2.05, 4.69) is 10.3 Å². The van der Waals surface area contributed by atoms with E-state index in [1.54, 1.807) is 6.20 Å². The SMILES string of the molecule is O=C(CSc1nc(=O)ccn1C1CC1)NC[C@@H]1CCCO1. The van der Waals surface area contributed by atoms with Crippen molar-refractivity contribution in [2.24, 2.45) is 0 Å². The second kappa shape index (κ2) is 6.62. The summed E-state index contributed by atoms with van der Waals surface area (Å²) >= 11 is 1.32. The van der Waals surface area contributed by atoms with Gasteiger partial charge in [0.1, 0.15) is 0 Å². The maximum Gasteiger partial charge on any atom is 0.273 e. The molecule has 1 saturated carbocycles. The van der Waals surface area contributed by atoms with Crippen molar-refractivity contribution in [3.05, 3.63) is 22.6 Å². The second-order valence-electron chi connectivity index (χ2n) is 5.41. The minimum atomic E-state index is -0.255. The molecule has 2 heterocycles. The Morgan fingerprint density at radius 3 is 3.05 bits per heavy atom. The molecule has 1 amide bonds. The van der Waals surface area contributed by atoms with Crippen molar-refractivity contribution in [2.75, 3.05) is 18.9 Å². The molecule has 1 N–H and O–H groups in total. The molecule has 1 aromatic rings. The van der Waals surface area contributed by atoms with E-state index in [1.807, 2.05) is 4.57 Å². The first-order chi connectivity index (χ1) is 10.2. The maximum atomic E-state index is 11.9. The van der Waals surface area contributed by atoms with Crippen molar-refractivity contribution in [2.45, 2.75) is 43.0 Å².